The zero-order valence-electron chi connectivity index (χ0n) is 13.8. The van der Waals surface area contributed by atoms with E-state index in [1.54, 1.807) is 6.33 Å². The van der Waals surface area contributed by atoms with Crippen LogP contribution in [0, 0.1) is 5.41 Å². The van der Waals surface area contributed by atoms with Crippen LogP contribution in [0.1, 0.15) is 47.4 Å². The normalized spacial score (nSPS) is 24.0. The minimum atomic E-state index is 0.152. The number of hydrogen-bond acceptors (Lipinski definition) is 4. The minimum Gasteiger partial charge on any atom is -0.309 e. The van der Waals surface area contributed by atoms with E-state index in [2.05, 4.69) is 61.8 Å². The van der Waals surface area contributed by atoms with Gasteiger partial charge in [0, 0.05) is 31.2 Å². The van der Waals surface area contributed by atoms with Gasteiger partial charge in [0.25, 0.3) is 0 Å². The molecule has 1 aromatic heterocycles. The van der Waals surface area contributed by atoms with Gasteiger partial charge in [0.05, 0.1) is 6.54 Å². The summed E-state index contributed by atoms with van der Waals surface area (Å²) < 4.78 is 1.99. The summed E-state index contributed by atoms with van der Waals surface area (Å²) in [6.07, 6.45) is 1.66. The van der Waals surface area contributed by atoms with Crippen LogP contribution in [0.3, 0.4) is 0 Å². The standard InChI is InChI=1S/C15H29N5/c1-7-20-13(16-11-18-20)9-19-10-15(5,6)17-8-12(19)14(2,3)4/h11-12,17H,7-10H2,1-6H3. The van der Waals surface area contributed by atoms with Crippen molar-refractivity contribution in [2.24, 2.45) is 5.41 Å². The second-order valence-electron chi connectivity index (χ2n) is 7.54. The number of aromatic nitrogens is 3. The molecule has 0 radical (unpaired) electrons. The summed E-state index contributed by atoms with van der Waals surface area (Å²) in [4.78, 5) is 7.00. The Kier molecular flexibility index (Phi) is 4.21. The molecule has 1 aliphatic rings. The Balaban J connectivity index is 2.19. The largest absolute Gasteiger partial charge is 0.309 e. The van der Waals surface area contributed by atoms with Gasteiger partial charge in [0.2, 0.25) is 0 Å². The quantitative estimate of drug-likeness (QED) is 0.918. The molecular formula is C15H29N5. The minimum absolute atomic E-state index is 0.152. The van der Waals surface area contributed by atoms with Crippen molar-refractivity contribution in [1.82, 2.24) is 25.0 Å². The van der Waals surface area contributed by atoms with Gasteiger partial charge in [-0.3, -0.25) is 4.90 Å². The topological polar surface area (TPSA) is 46.0 Å². The van der Waals surface area contributed by atoms with Gasteiger partial charge < -0.3 is 5.32 Å². The molecule has 2 rings (SSSR count). The van der Waals surface area contributed by atoms with Gasteiger partial charge >= 0.3 is 0 Å². The zero-order chi connectivity index (χ0) is 15.0. The highest BCUT2D eigenvalue weighted by Crippen LogP contribution is 2.29. The fraction of sp³-hybridized carbons (Fsp3) is 0.867. The predicted molar refractivity (Wildman–Crippen MR) is 81.4 cm³/mol. The molecule has 1 atom stereocenters. The molecule has 1 N–H and O–H groups in total. The Labute approximate surface area is 122 Å². The van der Waals surface area contributed by atoms with E-state index in [4.69, 9.17) is 0 Å². The average Bonchev–Trinajstić information content (AvgIpc) is 2.73. The molecule has 0 saturated carbocycles. The number of rotatable bonds is 3. The fourth-order valence-electron chi connectivity index (χ4n) is 3.05. The van der Waals surface area contributed by atoms with Gasteiger partial charge in [-0.25, -0.2) is 9.67 Å². The average molecular weight is 279 g/mol. The van der Waals surface area contributed by atoms with E-state index in [1.807, 2.05) is 4.68 Å². The van der Waals surface area contributed by atoms with E-state index in [1.165, 1.54) is 0 Å². The van der Waals surface area contributed by atoms with Crippen molar-refractivity contribution in [2.45, 2.75) is 66.2 Å². The molecule has 0 aliphatic carbocycles. The highest BCUT2D eigenvalue weighted by atomic mass is 15.4. The van der Waals surface area contributed by atoms with Crippen molar-refractivity contribution >= 4 is 0 Å². The van der Waals surface area contributed by atoms with Gasteiger partial charge in [-0.2, -0.15) is 5.10 Å². The van der Waals surface area contributed by atoms with Crippen molar-refractivity contribution < 1.29 is 0 Å². The number of aryl methyl sites for hydroxylation is 1. The van der Waals surface area contributed by atoms with Crippen LogP contribution in [0.2, 0.25) is 0 Å². The Bertz CT molecular complexity index is 443. The first-order valence-electron chi connectivity index (χ1n) is 7.59. The fourth-order valence-corrected chi connectivity index (χ4v) is 3.05. The van der Waals surface area contributed by atoms with Crippen LogP contribution in [-0.2, 0) is 13.1 Å². The molecular weight excluding hydrogens is 250 g/mol. The van der Waals surface area contributed by atoms with Crippen molar-refractivity contribution in [2.75, 3.05) is 13.1 Å². The molecule has 5 heteroatoms. The monoisotopic (exact) mass is 279 g/mol. The lowest BCUT2D eigenvalue weighted by Gasteiger charge is -2.49. The predicted octanol–water partition coefficient (Wildman–Crippen LogP) is 1.90. The molecule has 2 heterocycles. The van der Waals surface area contributed by atoms with Crippen LogP contribution in [0.25, 0.3) is 0 Å². The first-order chi connectivity index (χ1) is 9.23. The van der Waals surface area contributed by atoms with Crippen LogP contribution in [-0.4, -0.2) is 44.3 Å². The summed E-state index contributed by atoms with van der Waals surface area (Å²) in [7, 11) is 0. The second-order valence-corrected chi connectivity index (χ2v) is 7.54. The van der Waals surface area contributed by atoms with Crippen LogP contribution in [0.15, 0.2) is 6.33 Å². The van der Waals surface area contributed by atoms with E-state index >= 15 is 0 Å². The van der Waals surface area contributed by atoms with Crippen molar-refractivity contribution in [3.8, 4) is 0 Å². The highest BCUT2D eigenvalue weighted by molar-refractivity contribution is 4.99. The molecule has 0 aromatic carbocycles. The lowest BCUT2D eigenvalue weighted by Crippen LogP contribution is -2.64. The molecule has 1 saturated heterocycles. The molecule has 114 valence electrons. The van der Waals surface area contributed by atoms with Crippen LogP contribution < -0.4 is 5.32 Å². The molecule has 0 bridgehead atoms. The molecule has 20 heavy (non-hydrogen) atoms. The Hall–Kier alpha value is -0.940. The molecule has 1 aromatic rings. The number of hydrogen-bond donors (Lipinski definition) is 1. The Morgan fingerprint density at radius 1 is 1.40 bits per heavy atom. The number of nitrogens with one attached hydrogen (secondary N) is 1. The summed E-state index contributed by atoms with van der Waals surface area (Å²) in [6.45, 7) is 17.4. The van der Waals surface area contributed by atoms with Crippen LogP contribution in [0.5, 0.6) is 0 Å². The molecule has 1 unspecified atom stereocenters. The number of nitrogens with zero attached hydrogens (tertiary/aromatic N) is 4. The Morgan fingerprint density at radius 3 is 2.70 bits per heavy atom. The SMILES string of the molecule is CCn1ncnc1CN1CC(C)(C)NCC1C(C)(C)C. The van der Waals surface area contributed by atoms with Gasteiger partial charge in [-0.15, -0.1) is 0 Å². The van der Waals surface area contributed by atoms with E-state index in [0.717, 1.165) is 32.0 Å². The summed E-state index contributed by atoms with van der Waals surface area (Å²) in [5.41, 5.74) is 0.402. The maximum atomic E-state index is 4.44. The van der Waals surface area contributed by atoms with Gasteiger partial charge in [0.1, 0.15) is 12.2 Å². The first kappa shape index (κ1) is 15.4. The highest BCUT2D eigenvalue weighted by Gasteiger charge is 2.38. The van der Waals surface area contributed by atoms with Gasteiger partial charge in [0.15, 0.2) is 0 Å². The molecule has 1 aliphatic heterocycles. The van der Waals surface area contributed by atoms with Crippen molar-refractivity contribution in [3.63, 3.8) is 0 Å². The maximum absolute atomic E-state index is 4.44. The summed E-state index contributed by atoms with van der Waals surface area (Å²) in [5, 5.41) is 7.96. The third-order valence-corrected chi connectivity index (χ3v) is 4.15. The molecule has 1 fully saturated rings. The van der Waals surface area contributed by atoms with Crippen molar-refractivity contribution in [3.05, 3.63) is 12.2 Å². The smallest absolute Gasteiger partial charge is 0.141 e. The third-order valence-electron chi connectivity index (χ3n) is 4.15. The third kappa shape index (κ3) is 3.38. The van der Waals surface area contributed by atoms with E-state index in [0.29, 0.717) is 6.04 Å². The van der Waals surface area contributed by atoms with Crippen LogP contribution >= 0.6 is 0 Å². The maximum Gasteiger partial charge on any atom is 0.141 e. The van der Waals surface area contributed by atoms with E-state index in [-0.39, 0.29) is 11.0 Å². The molecule has 0 amide bonds. The number of piperazine rings is 1. The van der Waals surface area contributed by atoms with Crippen LogP contribution in [0.4, 0.5) is 0 Å². The zero-order valence-corrected chi connectivity index (χ0v) is 13.8. The lowest BCUT2D eigenvalue weighted by atomic mass is 9.82. The second kappa shape index (κ2) is 5.45. The van der Waals surface area contributed by atoms with E-state index in [9.17, 15) is 0 Å². The Morgan fingerprint density at radius 2 is 2.10 bits per heavy atom. The van der Waals surface area contributed by atoms with E-state index < -0.39 is 0 Å². The summed E-state index contributed by atoms with van der Waals surface area (Å²) in [5.74, 6) is 1.07. The van der Waals surface area contributed by atoms with Gasteiger partial charge in [-0.1, -0.05) is 20.8 Å². The summed E-state index contributed by atoms with van der Waals surface area (Å²) >= 11 is 0. The molecule has 5 nitrogen and oxygen atoms in total. The lowest BCUT2D eigenvalue weighted by molar-refractivity contribution is 0.0245. The summed E-state index contributed by atoms with van der Waals surface area (Å²) in [6, 6.07) is 0.512. The molecule has 0 spiro atoms. The van der Waals surface area contributed by atoms with Gasteiger partial charge in [-0.05, 0) is 26.2 Å². The first-order valence-corrected chi connectivity index (χ1v) is 7.59. The van der Waals surface area contributed by atoms with Crippen molar-refractivity contribution in [1.29, 1.82) is 0 Å².